The highest BCUT2D eigenvalue weighted by Crippen LogP contribution is 2.55. The van der Waals surface area contributed by atoms with Gasteiger partial charge in [-0.2, -0.15) is 10.2 Å². The predicted molar refractivity (Wildman–Crippen MR) is 255 cm³/mol. The fourth-order valence-corrected chi connectivity index (χ4v) is 10.9. The summed E-state index contributed by atoms with van der Waals surface area (Å²) in [6.45, 7) is 12.4. The number of anilines is 5. The first-order valence-corrected chi connectivity index (χ1v) is 23.6. The number of nitrogens with zero attached hydrogens (tertiary/aromatic N) is 8. The smallest absolute Gasteiger partial charge is 0.272 e. The van der Waals surface area contributed by atoms with Gasteiger partial charge < -0.3 is 44.9 Å². The van der Waals surface area contributed by atoms with Crippen molar-refractivity contribution in [3.63, 3.8) is 0 Å². The lowest BCUT2D eigenvalue weighted by atomic mass is 9.49. The maximum absolute atomic E-state index is 13.4. The van der Waals surface area contributed by atoms with Crippen LogP contribution >= 0.6 is 11.6 Å². The Hall–Kier alpha value is -6.25. The number of carbonyl (C=O) groups is 3. The molecule has 18 heteroatoms. The number of fused-ring (bicyclic) bond motifs is 1. The van der Waals surface area contributed by atoms with E-state index in [0.717, 1.165) is 44.3 Å². The predicted octanol–water partition coefficient (Wildman–Crippen LogP) is 7.08. The Morgan fingerprint density at radius 2 is 1.72 bits per heavy atom. The molecule has 0 bridgehead atoms. The van der Waals surface area contributed by atoms with Gasteiger partial charge in [-0.05, 0) is 74.6 Å². The third-order valence-electron chi connectivity index (χ3n) is 13.9. The van der Waals surface area contributed by atoms with E-state index in [4.69, 9.17) is 30.8 Å². The lowest BCUT2D eigenvalue weighted by molar-refractivity contribution is -0.164. The fraction of sp³-hybridized carbons (Fsp3) is 0.510. The van der Waals surface area contributed by atoms with Gasteiger partial charge in [-0.15, -0.1) is 10.2 Å². The van der Waals surface area contributed by atoms with E-state index in [1.54, 1.807) is 67.7 Å². The molecule has 1 atom stereocenters. The van der Waals surface area contributed by atoms with Crippen LogP contribution in [0.15, 0.2) is 54.7 Å². The number of nitrogens with one attached hydrogen (secondary N) is 3. The molecule has 67 heavy (non-hydrogen) atoms. The summed E-state index contributed by atoms with van der Waals surface area (Å²) < 4.78 is 18.2. The van der Waals surface area contributed by atoms with Gasteiger partial charge in [0.05, 0.1) is 42.3 Å². The monoisotopic (exact) mass is 933 g/mol. The Morgan fingerprint density at radius 3 is 2.37 bits per heavy atom. The lowest BCUT2D eigenvalue weighted by Gasteiger charge is -2.63. The van der Waals surface area contributed by atoms with Gasteiger partial charge in [0.15, 0.2) is 17.3 Å². The number of carbonyl (C=O) groups excluding carboxylic acids is 3. The molecule has 8 rings (SSSR count). The standard InChI is InChI=1S/C49H60ClN11O6/c1-8-37-44(64)59(6)38-28-53-47(55-41(38)61(37)31-11-9-10-12-31)54-35-16-14-29(25-39(35)65-7)42(62)52-21-24-66-32-19-22-60(23-20-32)40-18-17-36(57-58-40)43(63)56-45-48(2,3)46(49(45,4)5)67-33-15-13-30(27-51)34(50)26-33/h13-18,25-26,28,31-32,37,45-46H,8-12,19-24H2,1-7H3,(H,52,62)(H,56,63)(H,53,54,55). The van der Waals surface area contributed by atoms with Gasteiger partial charge in [0, 0.05) is 61.2 Å². The minimum Gasteiger partial charge on any atom is -0.495 e. The topological polar surface area (TPSA) is 200 Å². The summed E-state index contributed by atoms with van der Waals surface area (Å²) in [5.74, 6) is 2.34. The van der Waals surface area contributed by atoms with Crippen molar-refractivity contribution < 1.29 is 28.6 Å². The highest BCUT2D eigenvalue weighted by Gasteiger charge is 2.64. The Balaban J connectivity index is 0.780. The minimum atomic E-state index is -0.412. The molecule has 1 saturated heterocycles. The summed E-state index contributed by atoms with van der Waals surface area (Å²) in [5.41, 5.74) is 1.52. The number of ether oxygens (including phenoxy) is 3. The zero-order chi connectivity index (χ0) is 47.6. The van der Waals surface area contributed by atoms with E-state index in [9.17, 15) is 19.6 Å². The molecule has 4 aliphatic rings. The van der Waals surface area contributed by atoms with Crippen LogP contribution in [0.1, 0.15) is 106 Å². The Morgan fingerprint density at radius 1 is 0.970 bits per heavy atom. The Bertz CT molecular complexity index is 2500. The van der Waals surface area contributed by atoms with Crippen molar-refractivity contribution in [1.29, 1.82) is 5.26 Å². The van der Waals surface area contributed by atoms with E-state index in [0.29, 0.717) is 83.5 Å². The molecule has 3 N–H and O–H groups in total. The van der Waals surface area contributed by atoms with Crippen LogP contribution in [0.4, 0.5) is 29.0 Å². The number of piperidine rings is 1. The van der Waals surface area contributed by atoms with Crippen LogP contribution in [0.2, 0.25) is 5.02 Å². The molecule has 17 nitrogen and oxygen atoms in total. The van der Waals surface area contributed by atoms with Crippen LogP contribution < -0.4 is 40.1 Å². The molecule has 2 aliphatic carbocycles. The molecule has 4 aromatic rings. The van der Waals surface area contributed by atoms with Crippen molar-refractivity contribution in [1.82, 2.24) is 30.8 Å². The van der Waals surface area contributed by atoms with E-state index < -0.39 is 10.8 Å². The molecule has 2 aromatic heterocycles. The largest absolute Gasteiger partial charge is 0.495 e. The quantitative estimate of drug-likeness (QED) is 0.102. The number of rotatable bonds is 15. The number of hydrogen-bond donors (Lipinski definition) is 3. The van der Waals surface area contributed by atoms with Gasteiger partial charge in [0.25, 0.3) is 11.8 Å². The molecular formula is C49H60ClN11O6. The molecule has 2 aliphatic heterocycles. The normalized spacial score (nSPS) is 21.2. The van der Waals surface area contributed by atoms with Crippen LogP contribution in [-0.4, -0.2) is 109 Å². The zero-order valence-corrected chi connectivity index (χ0v) is 40.0. The first kappa shape index (κ1) is 47.3. The maximum Gasteiger partial charge on any atom is 0.272 e. The maximum atomic E-state index is 13.4. The van der Waals surface area contributed by atoms with E-state index in [2.05, 4.69) is 74.7 Å². The van der Waals surface area contributed by atoms with Crippen LogP contribution in [0, 0.1) is 22.2 Å². The molecule has 1 unspecified atom stereocenters. The van der Waals surface area contributed by atoms with Crippen molar-refractivity contribution >= 4 is 58.3 Å². The number of hydrogen-bond acceptors (Lipinski definition) is 14. The van der Waals surface area contributed by atoms with Crippen molar-refractivity contribution in [2.75, 3.05) is 60.4 Å². The third kappa shape index (κ3) is 9.51. The number of nitriles is 1. The van der Waals surface area contributed by atoms with Gasteiger partial charge in [0.2, 0.25) is 11.9 Å². The summed E-state index contributed by atoms with van der Waals surface area (Å²) in [7, 11) is 3.33. The van der Waals surface area contributed by atoms with Gasteiger partial charge in [-0.25, -0.2) is 4.98 Å². The third-order valence-corrected chi connectivity index (χ3v) is 14.3. The lowest BCUT2D eigenvalue weighted by Crippen LogP contribution is -2.74. The first-order chi connectivity index (χ1) is 32.1. The number of methoxy groups -OCH3 is 1. The second-order valence-corrected chi connectivity index (χ2v) is 19.4. The average Bonchev–Trinajstić information content (AvgIpc) is 3.87. The average molecular weight is 935 g/mol. The molecule has 0 radical (unpaired) electrons. The zero-order valence-electron chi connectivity index (χ0n) is 39.3. The second kappa shape index (κ2) is 19.5. The number of likely N-dealkylation sites (N-methyl/N-ethyl adjacent to an activating group) is 1. The van der Waals surface area contributed by atoms with Crippen molar-refractivity contribution in [2.45, 2.75) is 110 Å². The van der Waals surface area contributed by atoms with Crippen LogP contribution in [0.5, 0.6) is 11.5 Å². The molecule has 3 amide bonds. The van der Waals surface area contributed by atoms with Gasteiger partial charge in [0.1, 0.15) is 35.4 Å². The summed E-state index contributed by atoms with van der Waals surface area (Å²) in [6, 6.07) is 15.6. The van der Waals surface area contributed by atoms with Crippen LogP contribution in [0.25, 0.3) is 0 Å². The van der Waals surface area contributed by atoms with Crippen LogP contribution in [-0.2, 0) is 9.53 Å². The molecule has 2 aromatic carbocycles. The molecule has 2 saturated carbocycles. The minimum absolute atomic E-state index is 0.0253. The number of amides is 3. The highest BCUT2D eigenvalue weighted by atomic mass is 35.5. The molecule has 4 heterocycles. The van der Waals surface area contributed by atoms with Crippen molar-refractivity contribution in [2.24, 2.45) is 10.8 Å². The summed E-state index contributed by atoms with van der Waals surface area (Å²) >= 11 is 6.25. The SMILES string of the molecule is CCC1C(=O)N(C)c2cnc(Nc3ccc(C(=O)NCCOC4CCN(c5ccc(C(=O)NC6C(C)(C)C(Oc7ccc(C#N)c(Cl)c7)C6(C)C)nn5)CC4)cc3OC)nc2N1C1CCCC1. The van der Waals surface area contributed by atoms with E-state index in [1.807, 2.05) is 13.0 Å². The van der Waals surface area contributed by atoms with Gasteiger partial charge >= 0.3 is 0 Å². The van der Waals surface area contributed by atoms with Gasteiger partial charge in [-0.1, -0.05) is 59.1 Å². The number of halogens is 1. The second-order valence-electron chi connectivity index (χ2n) is 19.0. The van der Waals surface area contributed by atoms with E-state index in [-0.39, 0.29) is 53.7 Å². The Kier molecular flexibility index (Phi) is 13.8. The molecule has 354 valence electrons. The number of aromatic nitrogens is 4. The van der Waals surface area contributed by atoms with Crippen molar-refractivity contribution in [3.8, 4) is 17.6 Å². The van der Waals surface area contributed by atoms with Crippen LogP contribution in [0.3, 0.4) is 0 Å². The first-order valence-electron chi connectivity index (χ1n) is 23.2. The number of benzene rings is 2. The Labute approximate surface area is 396 Å². The highest BCUT2D eigenvalue weighted by molar-refractivity contribution is 6.31. The molecule has 0 spiro atoms. The van der Waals surface area contributed by atoms with Gasteiger partial charge in [-0.3, -0.25) is 14.4 Å². The molecular weight excluding hydrogens is 874 g/mol. The van der Waals surface area contributed by atoms with E-state index in [1.165, 1.54) is 0 Å². The van der Waals surface area contributed by atoms with E-state index >= 15 is 0 Å². The summed E-state index contributed by atoms with van der Waals surface area (Å²) in [4.78, 5) is 55.4. The summed E-state index contributed by atoms with van der Waals surface area (Å²) in [5, 5.41) is 27.6. The fourth-order valence-electron chi connectivity index (χ4n) is 10.7. The van der Waals surface area contributed by atoms with Crippen molar-refractivity contribution in [3.05, 3.63) is 76.6 Å². The summed E-state index contributed by atoms with van der Waals surface area (Å²) in [6.07, 6.45) is 8.04. The molecule has 3 fully saturated rings.